The first-order valence-corrected chi connectivity index (χ1v) is 16.4. The van der Waals surface area contributed by atoms with E-state index in [2.05, 4.69) is 20.2 Å². The van der Waals surface area contributed by atoms with E-state index < -0.39 is 33.8 Å². The minimum Gasteiger partial charge on any atom is -0.507 e. The van der Waals surface area contributed by atoms with Crippen LogP contribution < -0.4 is 0 Å². The maximum absolute atomic E-state index is 14.1. The number of aromatic hydroxyl groups is 1. The molecule has 5 rings (SSSR count). The topological polar surface area (TPSA) is 188 Å². The summed E-state index contributed by atoms with van der Waals surface area (Å²) in [6, 6.07) is 17.2. The molecule has 0 fully saturated rings. The van der Waals surface area contributed by atoms with E-state index in [1.54, 1.807) is 48.8 Å². The number of carboxylic acids is 2. The van der Waals surface area contributed by atoms with E-state index in [0.29, 0.717) is 17.8 Å². The molecule has 0 unspecified atom stereocenters. The van der Waals surface area contributed by atoms with Gasteiger partial charge >= 0.3 is 11.9 Å². The van der Waals surface area contributed by atoms with E-state index >= 15 is 0 Å². The molecule has 3 aromatic carbocycles. The third-order valence-corrected chi connectivity index (χ3v) is 9.57. The van der Waals surface area contributed by atoms with Crippen LogP contribution in [-0.4, -0.2) is 60.6 Å². The molecule has 0 saturated heterocycles. The predicted molar refractivity (Wildman–Crippen MR) is 177 cm³/mol. The molecule has 3 N–H and O–H groups in total. The van der Waals surface area contributed by atoms with Crippen LogP contribution in [0.1, 0.15) is 47.6 Å². The molecule has 0 bridgehead atoms. The largest absolute Gasteiger partial charge is 0.507 e. The molecule has 48 heavy (non-hydrogen) atoms. The first kappa shape index (κ1) is 33.9. The number of phenols is 1. The third kappa shape index (κ3) is 7.56. The van der Waals surface area contributed by atoms with Crippen molar-refractivity contribution in [2.75, 3.05) is 0 Å². The number of carboxylic acid groups (broad SMARTS) is 2. The molecule has 14 heteroatoms. The number of hydrogen-bond acceptors (Lipinski definition) is 9. The summed E-state index contributed by atoms with van der Waals surface area (Å²) in [5, 5.41) is 37.2. The van der Waals surface area contributed by atoms with Crippen LogP contribution in [0, 0.1) is 12.8 Å². The second-order valence-corrected chi connectivity index (χ2v) is 13.6. The van der Waals surface area contributed by atoms with E-state index in [1.807, 2.05) is 31.4 Å². The van der Waals surface area contributed by atoms with E-state index in [4.69, 9.17) is 0 Å². The molecule has 0 radical (unpaired) electrons. The fraction of sp³-hybridized carbons (Fsp3) is 0.235. The number of aromatic carboxylic acids is 1. The van der Waals surface area contributed by atoms with E-state index in [-0.39, 0.29) is 35.0 Å². The summed E-state index contributed by atoms with van der Waals surface area (Å²) in [6.07, 6.45) is 3.48. The maximum atomic E-state index is 14.1. The Balaban J connectivity index is 1.40. The van der Waals surface area contributed by atoms with Crippen molar-refractivity contribution >= 4 is 44.4 Å². The predicted octanol–water partition coefficient (Wildman–Crippen LogP) is 6.30. The van der Waals surface area contributed by atoms with Crippen molar-refractivity contribution in [3.05, 3.63) is 108 Å². The zero-order valence-corrected chi connectivity index (χ0v) is 27.2. The van der Waals surface area contributed by atoms with Gasteiger partial charge in [-0.05, 0) is 78.9 Å². The second kappa shape index (κ2) is 14.1. The van der Waals surface area contributed by atoms with Crippen molar-refractivity contribution in [1.29, 1.82) is 0 Å². The zero-order valence-electron chi connectivity index (χ0n) is 26.4. The summed E-state index contributed by atoms with van der Waals surface area (Å²) in [7, 11) is -4.27. The van der Waals surface area contributed by atoms with Gasteiger partial charge in [0.1, 0.15) is 28.7 Å². The van der Waals surface area contributed by atoms with Gasteiger partial charge in [0.2, 0.25) is 10.0 Å². The molecule has 1 atom stereocenters. The summed E-state index contributed by atoms with van der Waals surface area (Å²) < 4.78 is 31.2. The van der Waals surface area contributed by atoms with Gasteiger partial charge in [-0.1, -0.05) is 38.1 Å². The van der Waals surface area contributed by atoms with Gasteiger partial charge in [-0.2, -0.15) is 14.5 Å². The molecule has 0 amide bonds. The Morgan fingerprint density at radius 1 is 0.917 bits per heavy atom. The smallest absolute Gasteiger partial charge is 0.339 e. The van der Waals surface area contributed by atoms with Crippen LogP contribution in [0.15, 0.2) is 100 Å². The van der Waals surface area contributed by atoms with Crippen LogP contribution in [-0.2, 0) is 27.9 Å². The minimum absolute atomic E-state index is 0.0299. The van der Waals surface area contributed by atoms with Crippen LogP contribution in [0.3, 0.4) is 0 Å². The number of azo groups is 1. The number of imidazole rings is 1. The zero-order chi connectivity index (χ0) is 34.6. The highest BCUT2D eigenvalue weighted by Crippen LogP contribution is 2.28. The highest BCUT2D eigenvalue weighted by Gasteiger charge is 2.36. The third-order valence-electron chi connectivity index (χ3n) is 7.71. The number of aromatic nitrogens is 3. The van der Waals surface area contributed by atoms with Crippen LogP contribution in [0.2, 0.25) is 0 Å². The molecule has 248 valence electrons. The van der Waals surface area contributed by atoms with Crippen molar-refractivity contribution in [3.63, 3.8) is 0 Å². The molecule has 13 nitrogen and oxygen atoms in total. The number of pyridine rings is 1. The van der Waals surface area contributed by atoms with Gasteiger partial charge in [0.15, 0.2) is 0 Å². The van der Waals surface area contributed by atoms with Crippen molar-refractivity contribution in [3.8, 4) is 5.75 Å². The van der Waals surface area contributed by atoms with Crippen LogP contribution in [0.4, 0.5) is 11.4 Å². The van der Waals surface area contributed by atoms with E-state index in [9.17, 15) is 33.3 Å². The summed E-state index contributed by atoms with van der Waals surface area (Å²) in [4.78, 5) is 32.4. The molecule has 0 aliphatic heterocycles. The molecular formula is C34H34N6O7S. The standard InChI is InChI=1S/C34H34N6O7S/c1-21(2)16-31(34(44)45)40(20-24-4-8-25(9-5-24)37-38-26-10-13-32(41)28(17-26)33(42)43)48(46,47)27-11-6-23(7-12-27)19-39-22(3)36-29-18-35-15-14-30(29)39/h4-15,17-18,21,31,41H,16,19-20H2,1-3H3,(H,42,43)(H,44,45)/t31-/m0/s1. The fourth-order valence-corrected chi connectivity index (χ4v) is 6.84. The van der Waals surface area contributed by atoms with Crippen molar-refractivity contribution < 1.29 is 33.3 Å². The number of fused-ring (bicyclic) bond motifs is 1. The highest BCUT2D eigenvalue weighted by atomic mass is 32.2. The molecule has 5 aromatic rings. The normalized spacial score (nSPS) is 12.7. The molecule has 0 saturated carbocycles. The SMILES string of the molecule is Cc1nc2cnccc2n1Cc1ccc(S(=O)(=O)N(Cc2ccc(N=Nc3ccc(O)c(C(=O)O)c3)cc2)[C@@H](CC(C)C)C(=O)O)cc1. The van der Waals surface area contributed by atoms with Crippen LogP contribution in [0.5, 0.6) is 5.75 Å². The van der Waals surface area contributed by atoms with E-state index in [1.165, 1.54) is 30.3 Å². The van der Waals surface area contributed by atoms with Crippen molar-refractivity contribution in [2.45, 2.75) is 51.2 Å². The summed E-state index contributed by atoms with van der Waals surface area (Å²) >= 11 is 0. The number of sulfonamides is 1. The average molecular weight is 671 g/mol. The molecular weight excluding hydrogens is 636 g/mol. The van der Waals surface area contributed by atoms with Crippen molar-refractivity contribution in [1.82, 2.24) is 18.8 Å². The Hall–Kier alpha value is -5.47. The molecule has 2 heterocycles. The van der Waals surface area contributed by atoms with Gasteiger partial charge in [-0.25, -0.2) is 18.2 Å². The van der Waals surface area contributed by atoms with Gasteiger partial charge < -0.3 is 19.9 Å². The van der Waals surface area contributed by atoms with Gasteiger partial charge in [-0.3, -0.25) is 9.78 Å². The summed E-state index contributed by atoms with van der Waals surface area (Å²) in [5.41, 5.74) is 3.32. The summed E-state index contributed by atoms with van der Waals surface area (Å²) in [5.74, 6) is -2.26. The number of hydrogen-bond donors (Lipinski definition) is 3. The van der Waals surface area contributed by atoms with Crippen LogP contribution in [0.25, 0.3) is 11.0 Å². The van der Waals surface area contributed by atoms with Crippen molar-refractivity contribution in [2.24, 2.45) is 16.1 Å². The molecule has 0 spiro atoms. The molecule has 0 aliphatic rings. The summed E-state index contributed by atoms with van der Waals surface area (Å²) in [6.45, 7) is 5.80. The highest BCUT2D eigenvalue weighted by molar-refractivity contribution is 7.89. The Labute approximate surface area is 276 Å². The lowest BCUT2D eigenvalue weighted by atomic mass is 10.0. The molecule has 0 aliphatic carbocycles. The van der Waals surface area contributed by atoms with Gasteiger partial charge in [-0.15, -0.1) is 0 Å². The average Bonchev–Trinajstić information content (AvgIpc) is 3.37. The number of rotatable bonds is 13. The quantitative estimate of drug-likeness (QED) is 0.121. The number of nitrogens with zero attached hydrogens (tertiary/aromatic N) is 6. The van der Waals surface area contributed by atoms with Crippen LogP contribution >= 0.6 is 0 Å². The number of aliphatic carboxylic acids is 1. The second-order valence-electron chi connectivity index (χ2n) is 11.7. The number of aryl methyl sites for hydroxylation is 1. The Kier molecular flexibility index (Phi) is 9.96. The first-order valence-electron chi connectivity index (χ1n) is 15.0. The monoisotopic (exact) mass is 670 g/mol. The first-order chi connectivity index (χ1) is 22.8. The number of carbonyl (C=O) groups is 2. The van der Waals surface area contributed by atoms with Gasteiger partial charge in [0.25, 0.3) is 0 Å². The lowest BCUT2D eigenvalue weighted by Gasteiger charge is -2.29. The van der Waals surface area contributed by atoms with E-state index in [0.717, 1.165) is 26.7 Å². The minimum atomic E-state index is -4.27. The Morgan fingerprint density at radius 3 is 2.21 bits per heavy atom. The fourth-order valence-electron chi connectivity index (χ4n) is 5.26. The number of benzene rings is 3. The lowest BCUT2D eigenvalue weighted by molar-refractivity contribution is -0.142. The maximum Gasteiger partial charge on any atom is 0.339 e. The lowest BCUT2D eigenvalue weighted by Crippen LogP contribution is -2.45. The van der Waals surface area contributed by atoms with Gasteiger partial charge in [0, 0.05) is 19.3 Å². The van der Waals surface area contributed by atoms with Gasteiger partial charge in [0.05, 0.1) is 28.0 Å². The Morgan fingerprint density at radius 2 is 1.56 bits per heavy atom. The Bertz CT molecular complexity index is 2090. The molecule has 2 aromatic heterocycles.